The summed E-state index contributed by atoms with van der Waals surface area (Å²) in [5.74, 6) is -0.0857. The van der Waals surface area contributed by atoms with Gasteiger partial charge in [-0.25, -0.2) is 0 Å². The van der Waals surface area contributed by atoms with Crippen LogP contribution in [-0.2, 0) is 14.3 Å². The second-order valence-corrected chi connectivity index (χ2v) is 15.7. The zero-order chi connectivity index (χ0) is 37.3. The minimum Gasteiger partial charge on any atom is -0.466 e. The maximum absolute atomic E-state index is 12.4. The lowest BCUT2D eigenvalue weighted by atomic mass is 10.0. The predicted octanol–water partition coefficient (Wildman–Crippen LogP) is 12.8. The van der Waals surface area contributed by atoms with Gasteiger partial charge in [0.05, 0.1) is 25.4 Å². The first-order chi connectivity index (χ1) is 25.0. The largest absolute Gasteiger partial charge is 0.466 e. The van der Waals surface area contributed by atoms with Crippen LogP contribution in [0.25, 0.3) is 0 Å². The SMILES string of the molecule is CCCCCCCCCCCCCCCCCC(=O)OCCCCCCCCCCCC(=O)NC(CO)C(O)CCCCCCCCCCCC. The summed E-state index contributed by atoms with van der Waals surface area (Å²) >= 11 is 0. The van der Waals surface area contributed by atoms with Crippen molar-refractivity contribution in [2.24, 2.45) is 0 Å². The topological polar surface area (TPSA) is 95.9 Å². The van der Waals surface area contributed by atoms with E-state index >= 15 is 0 Å². The number of carbonyl (C=O) groups excluding carboxylic acids is 2. The van der Waals surface area contributed by atoms with E-state index in [0.717, 1.165) is 57.8 Å². The molecule has 0 aliphatic heterocycles. The Morgan fingerprint density at radius 3 is 1.20 bits per heavy atom. The van der Waals surface area contributed by atoms with Crippen LogP contribution in [0, 0.1) is 0 Å². The van der Waals surface area contributed by atoms with Gasteiger partial charge in [0, 0.05) is 12.8 Å². The van der Waals surface area contributed by atoms with Crippen molar-refractivity contribution in [1.82, 2.24) is 5.32 Å². The highest BCUT2D eigenvalue weighted by Gasteiger charge is 2.20. The second-order valence-electron chi connectivity index (χ2n) is 15.7. The molecule has 6 heteroatoms. The monoisotopic (exact) mass is 724 g/mol. The van der Waals surface area contributed by atoms with Crippen LogP contribution in [0.2, 0.25) is 0 Å². The van der Waals surface area contributed by atoms with Gasteiger partial charge in [-0.3, -0.25) is 9.59 Å². The fraction of sp³-hybridized carbons (Fsp3) is 0.956. The maximum Gasteiger partial charge on any atom is 0.305 e. The van der Waals surface area contributed by atoms with Crippen molar-refractivity contribution in [2.75, 3.05) is 13.2 Å². The molecule has 2 atom stereocenters. The molecule has 0 aromatic carbocycles. The molecule has 3 N–H and O–H groups in total. The fourth-order valence-electron chi connectivity index (χ4n) is 7.11. The lowest BCUT2D eigenvalue weighted by Gasteiger charge is -2.22. The van der Waals surface area contributed by atoms with Gasteiger partial charge in [-0.05, 0) is 25.7 Å². The van der Waals surface area contributed by atoms with Crippen LogP contribution in [0.1, 0.15) is 251 Å². The molecule has 0 saturated heterocycles. The van der Waals surface area contributed by atoms with E-state index in [1.807, 2.05) is 0 Å². The molecule has 0 spiro atoms. The predicted molar refractivity (Wildman–Crippen MR) is 218 cm³/mol. The van der Waals surface area contributed by atoms with Gasteiger partial charge in [0.2, 0.25) is 5.91 Å². The zero-order valence-electron chi connectivity index (χ0n) is 34.4. The third kappa shape index (κ3) is 38.4. The molecule has 6 nitrogen and oxygen atoms in total. The maximum atomic E-state index is 12.4. The molecule has 51 heavy (non-hydrogen) atoms. The van der Waals surface area contributed by atoms with Gasteiger partial charge in [0.1, 0.15) is 0 Å². The molecule has 0 bridgehead atoms. The highest BCUT2D eigenvalue weighted by molar-refractivity contribution is 5.76. The Balaban J connectivity index is 3.45. The van der Waals surface area contributed by atoms with E-state index in [1.165, 1.54) is 161 Å². The van der Waals surface area contributed by atoms with Gasteiger partial charge < -0.3 is 20.3 Å². The highest BCUT2D eigenvalue weighted by atomic mass is 16.5. The van der Waals surface area contributed by atoms with E-state index in [2.05, 4.69) is 19.2 Å². The molecule has 0 aromatic heterocycles. The molecule has 0 saturated carbocycles. The van der Waals surface area contributed by atoms with Gasteiger partial charge in [-0.15, -0.1) is 0 Å². The number of esters is 1. The summed E-state index contributed by atoms with van der Waals surface area (Å²) in [6.45, 7) is 4.88. The van der Waals surface area contributed by atoms with Crippen LogP contribution in [0.15, 0.2) is 0 Å². The quantitative estimate of drug-likeness (QED) is 0.0430. The van der Waals surface area contributed by atoms with Crippen LogP contribution in [0.4, 0.5) is 0 Å². The first-order valence-corrected chi connectivity index (χ1v) is 22.8. The number of hydrogen-bond acceptors (Lipinski definition) is 5. The molecule has 0 heterocycles. The summed E-state index contributed by atoms with van der Waals surface area (Å²) in [5, 5.41) is 23.0. The van der Waals surface area contributed by atoms with E-state index in [4.69, 9.17) is 4.74 Å². The molecule has 304 valence electrons. The standard InChI is InChI=1S/C45H89NO5/c1-3-5-7-9-11-13-15-16-17-18-19-23-27-31-35-39-45(50)51-40-36-32-28-24-20-22-26-30-34-38-44(49)46-42(41-47)43(48)37-33-29-25-21-14-12-10-8-6-4-2/h42-43,47-48H,3-41H2,1-2H3,(H,46,49). The molecule has 0 aromatic rings. The summed E-state index contributed by atoms with van der Waals surface area (Å²) in [7, 11) is 0. The Hall–Kier alpha value is -1.14. The van der Waals surface area contributed by atoms with E-state index in [1.54, 1.807) is 0 Å². The van der Waals surface area contributed by atoms with Crippen LogP contribution < -0.4 is 5.32 Å². The third-order valence-corrected chi connectivity index (χ3v) is 10.7. The van der Waals surface area contributed by atoms with Gasteiger partial charge >= 0.3 is 5.97 Å². The average molecular weight is 724 g/mol. The van der Waals surface area contributed by atoms with Crippen molar-refractivity contribution in [1.29, 1.82) is 0 Å². The molecule has 0 aliphatic rings. The molecule has 0 radical (unpaired) electrons. The van der Waals surface area contributed by atoms with Crippen LogP contribution in [-0.4, -0.2) is 47.4 Å². The van der Waals surface area contributed by atoms with Crippen molar-refractivity contribution < 1.29 is 24.5 Å². The first-order valence-electron chi connectivity index (χ1n) is 22.8. The van der Waals surface area contributed by atoms with E-state index in [0.29, 0.717) is 25.9 Å². The Labute approximate surface area is 317 Å². The number of nitrogens with one attached hydrogen (secondary N) is 1. The number of amides is 1. The normalized spacial score (nSPS) is 12.6. The molecule has 0 rings (SSSR count). The Kier molecular flexibility index (Phi) is 40.7. The number of unbranched alkanes of at least 4 members (excludes halogenated alkanes) is 31. The number of carbonyl (C=O) groups is 2. The second kappa shape index (κ2) is 41.6. The summed E-state index contributed by atoms with van der Waals surface area (Å²) in [6, 6.07) is -0.557. The Morgan fingerprint density at radius 1 is 0.471 bits per heavy atom. The number of rotatable bonds is 42. The number of ether oxygens (including phenoxy) is 1. The third-order valence-electron chi connectivity index (χ3n) is 10.7. The Morgan fingerprint density at radius 2 is 0.804 bits per heavy atom. The zero-order valence-corrected chi connectivity index (χ0v) is 34.4. The summed E-state index contributed by atoms with van der Waals surface area (Å²) in [6.07, 6.45) is 43.4. The number of hydrogen-bond donors (Lipinski definition) is 3. The van der Waals surface area contributed by atoms with E-state index in [9.17, 15) is 19.8 Å². The average Bonchev–Trinajstić information content (AvgIpc) is 3.13. The minimum atomic E-state index is -0.677. The molecular formula is C45H89NO5. The van der Waals surface area contributed by atoms with E-state index in [-0.39, 0.29) is 18.5 Å². The van der Waals surface area contributed by atoms with Gasteiger partial charge in [0.15, 0.2) is 0 Å². The smallest absolute Gasteiger partial charge is 0.305 e. The van der Waals surface area contributed by atoms with Crippen LogP contribution in [0.3, 0.4) is 0 Å². The van der Waals surface area contributed by atoms with Gasteiger partial charge in [0.25, 0.3) is 0 Å². The van der Waals surface area contributed by atoms with Crippen LogP contribution >= 0.6 is 0 Å². The molecule has 1 amide bonds. The van der Waals surface area contributed by atoms with Crippen molar-refractivity contribution in [3.8, 4) is 0 Å². The molecule has 0 aliphatic carbocycles. The lowest BCUT2D eigenvalue weighted by Crippen LogP contribution is -2.45. The lowest BCUT2D eigenvalue weighted by molar-refractivity contribution is -0.143. The van der Waals surface area contributed by atoms with Gasteiger partial charge in [-0.2, -0.15) is 0 Å². The first kappa shape index (κ1) is 49.9. The van der Waals surface area contributed by atoms with Gasteiger partial charge in [-0.1, -0.05) is 213 Å². The van der Waals surface area contributed by atoms with Crippen molar-refractivity contribution in [2.45, 2.75) is 264 Å². The van der Waals surface area contributed by atoms with Crippen molar-refractivity contribution >= 4 is 11.9 Å². The summed E-state index contributed by atoms with van der Waals surface area (Å²) in [5.41, 5.74) is 0. The summed E-state index contributed by atoms with van der Waals surface area (Å²) < 4.78 is 5.44. The number of aliphatic hydroxyl groups excluding tert-OH is 2. The molecule has 0 fully saturated rings. The minimum absolute atomic E-state index is 0.0224. The van der Waals surface area contributed by atoms with E-state index < -0.39 is 12.1 Å². The van der Waals surface area contributed by atoms with Crippen LogP contribution in [0.5, 0.6) is 0 Å². The summed E-state index contributed by atoms with van der Waals surface area (Å²) in [4.78, 5) is 24.4. The van der Waals surface area contributed by atoms with Crippen molar-refractivity contribution in [3.63, 3.8) is 0 Å². The Bertz CT molecular complexity index is 717. The number of aliphatic hydroxyl groups is 2. The highest BCUT2D eigenvalue weighted by Crippen LogP contribution is 2.16. The molecular weight excluding hydrogens is 634 g/mol. The fourth-order valence-corrected chi connectivity index (χ4v) is 7.11. The molecule has 2 unspecified atom stereocenters. The van der Waals surface area contributed by atoms with Crippen molar-refractivity contribution in [3.05, 3.63) is 0 Å².